The maximum absolute atomic E-state index is 14.8. The fourth-order valence-electron chi connectivity index (χ4n) is 3.51. The number of piperazine rings is 1. The number of nitrogen functional groups attached to an aromatic ring is 1. The van der Waals surface area contributed by atoms with E-state index >= 15 is 0 Å². The van der Waals surface area contributed by atoms with E-state index in [1.54, 1.807) is 18.5 Å². The number of halogens is 1. The van der Waals surface area contributed by atoms with Crippen LogP contribution in [0.3, 0.4) is 0 Å². The van der Waals surface area contributed by atoms with Gasteiger partial charge in [-0.05, 0) is 19.2 Å². The van der Waals surface area contributed by atoms with Crippen LogP contribution in [-0.4, -0.2) is 74.4 Å². The Morgan fingerprint density at radius 2 is 1.63 bits per heavy atom. The van der Waals surface area contributed by atoms with E-state index in [0.29, 0.717) is 36.0 Å². The zero-order valence-electron chi connectivity index (χ0n) is 15.6. The molecule has 2 aliphatic rings. The Labute approximate surface area is 158 Å². The van der Waals surface area contributed by atoms with Crippen molar-refractivity contribution in [1.29, 1.82) is 0 Å². The zero-order chi connectivity index (χ0) is 18.8. The molecule has 2 N–H and O–H groups in total. The van der Waals surface area contributed by atoms with Crippen LogP contribution in [0.25, 0.3) is 11.1 Å². The van der Waals surface area contributed by atoms with Gasteiger partial charge in [-0.3, -0.25) is 0 Å². The van der Waals surface area contributed by atoms with Crippen molar-refractivity contribution in [2.24, 2.45) is 0 Å². The van der Waals surface area contributed by atoms with Gasteiger partial charge in [-0.1, -0.05) is 0 Å². The summed E-state index contributed by atoms with van der Waals surface area (Å²) in [7, 11) is 2.09. The van der Waals surface area contributed by atoms with Crippen LogP contribution >= 0.6 is 0 Å². The summed E-state index contributed by atoms with van der Waals surface area (Å²) in [5.41, 5.74) is 8.65. The lowest BCUT2D eigenvalue weighted by molar-refractivity contribution is 0.122. The Bertz CT molecular complexity index is 786. The normalized spacial score (nSPS) is 18.7. The van der Waals surface area contributed by atoms with Crippen LogP contribution in [0, 0.1) is 5.82 Å². The monoisotopic (exact) mass is 372 g/mol. The first-order valence-electron chi connectivity index (χ1n) is 9.29. The molecular weight excluding hydrogens is 347 g/mol. The smallest absolute Gasteiger partial charge is 0.225 e. The summed E-state index contributed by atoms with van der Waals surface area (Å²) in [6.45, 7) is 6.45. The van der Waals surface area contributed by atoms with E-state index in [1.807, 2.05) is 0 Å². The molecule has 2 aromatic rings. The molecule has 3 heterocycles. The second-order valence-corrected chi connectivity index (χ2v) is 7.05. The third kappa shape index (κ3) is 3.81. The van der Waals surface area contributed by atoms with Gasteiger partial charge in [0, 0.05) is 62.8 Å². The molecule has 4 rings (SSSR count). The van der Waals surface area contributed by atoms with E-state index in [0.717, 1.165) is 45.0 Å². The van der Waals surface area contributed by atoms with Gasteiger partial charge >= 0.3 is 0 Å². The number of hydrogen-bond acceptors (Lipinski definition) is 7. The van der Waals surface area contributed by atoms with E-state index in [1.165, 1.54) is 6.07 Å². The Hall–Kier alpha value is -2.45. The minimum atomic E-state index is -0.305. The Morgan fingerprint density at radius 3 is 2.30 bits per heavy atom. The quantitative estimate of drug-likeness (QED) is 0.818. The number of hydrogen-bond donors (Lipinski definition) is 1. The number of rotatable bonds is 3. The van der Waals surface area contributed by atoms with Crippen molar-refractivity contribution in [3.8, 4) is 11.1 Å². The van der Waals surface area contributed by atoms with E-state index in [-0.39, 0.29) is 5.82 Å². The first kappa shape index (κ1) is 17.9. The predicted molar refractivity (Wildman–Crippen MR) is 105 cm³/mol. The average Bonchev–Trinajstić information content (AvgIpc) is 2.71. The maximum Gasteiger partial charge on any atom is 0.225 e. The first-order valence-corrected chi connectivity index (χ1v) is 9.29. The number of benzene rings is 1. The number of aromatic nitrogens is 2. The van der Waals surface area contributed by atoms with E-state index in [4.69, 9.17) is 10.5 Å². The van der Waals surface area contributed by atoms with Crippen LogP contribution in [0.1, 0.15) is 0 Å². The van der Waals surface area contributed by atoms with Crippen LogP contribution in [0.4, 0.5) is 21.7 Å². The summed E-state index contributed by atoms with van der Waals surface area (Å²) < 4.78 is 20.2. The standard InChI is InChI=1S/C19H25FN6O/c1-24-2-4-25(5-3-24)18-11-16(20)15(10-17(18)21)14-12-22-19(23-13-14)26-6-8-27-9-7-26/h10-13H,2-9,21H2,1H3. The van der Waals surface area contributed by atoms with E-state index < -0.39 is 0 Å². The Morgan fingerprint density at radius 1 is 0.963 bits per heavy atom. The number of anilines is 3. The van der Waals surface area contributed by atoms with Gasteiger partial charge in [-0.2, -0.15) is 0 Å². The van der Waals surface area contributed by atoms with Gasteiger partial charge in [-0.25, -0.2) is 14.4 Å². The van der Waals surface area contributed by atoms with Crippen molar-refractivity contribution in [1.82, 2.24) is 14.9 Å². The highest BCUT2D eigenvalue weighted by Crippen LogP contribution is 2.32. The van der Waals surface area contributed by atoms with Crippen molar-refractivity contribution >= 4 is 17.3 Å². The highest BCUT2D eigenvalue weighted by molar-refractivity contribution is 5.77. The first-order chi connectivity index (χ1) is 13.1. The summed E-state index contributed by atoms with van der Waals surface area (Å²) in [6, 6.07) is 3.22. The molecule has 8 heteroatoms. The predicted octanol–water partition coefficient (Wildman–Crippen LogP) is 1.45. The third-order valence-corrected chi connectivity index (χ3v) is 5.20. The van der Waals surface area contributed by atoms with Gasteiger partial charge in [0.05, 0.1) is 24.6 Å². The second-order valence-electron chi connectivity index (χ2n) is 7.05. The van der Waals surface area contributed by atoms with Gasteiger partial charge < -0.3 is 25.2 Å². The summed E-state index contributed by atoms with van der Waals surface area (Å²) in [4.78, 5) is 15.3. The molecule has 7 nitrogen and oxygen atoms in total. The van der Waals surface area contributed by atoms with Gasteiger partial charge in [0.1, 0.15) is 5.82 Å². The highest BCUT2D eigenvalue weighted by atomic mass is 19.1. The van der Waals surface area contributed by atoms with Crippen LogP contribution in [0.2, 0.25) is 0 Å². The van der Waals surface area contributed by atoms with E-state index in [2.05, 4.69) is 31.7 Å². The third-order valence-electron chi connectivity index (χ3n) is 5.20. The largest absolute Gasteiger partial charge is 0.397 e. The van der Waals surface area contributed by atoms with Gasteiger partial charge in [0.25, 0.3) is 0 Å². The van der Waals surface area contributed by atoms with Crippen LogP contribution in [-0.2, 0) is 4.74 Å². The number of ether oxygens (including phenoxy) is 1. The van der Waals surface area contributed by atoms with Gasteiger partial charge in [0.15, 0.2) is 0 Å². The molecule has 144 valence electrons. The number of nitrogens with two attached hydrogens (primary N) is 1. The molecule has 0 atom stereocenters. The lowest BCUT2D eigenvalue weighted by Gasteiger charge is -2.34. The fourth-order valence-corrected chi connectivity index (χ4v) is 3.51. The molecular formula is C19H25FN6O. The lowest BCUT2D eigenvalue weighted by atomic mass is 10.1. The summed E-state index contributed by atoms with van der Waals surface area (Å²) in [5, 5.41) is 0. The molecule has 1 aromatic carbocycles. The molecule has 2 saturated heterocycles. The zero-order valence-corrected chi connectivity index (χ0v) is 15.6. The molecule has 1 aromatic heterocycles. The maximum atomic E-state index is 14.8. The Kier molecular flexibility index (Phi) is 5.09. The highest BCUT2D eigenvalue weighted by Gasteiger charge is 2.20. The number of likely N-dealkylation sites (N-methyl/N-ethyl adjacent to an activating group) is 1. The van der Waals surface area contributed by atoms with Crippen LogP contribution in [0.5, 0.6) is 0 Å². The minimum Gasteiger partial charge on any atom is -0.397 e. The minimum absolute atomic E-state index is 0.305. The summed E-state index contributed by atoms with van der Waals surface area (Å²) >= 11 is 0. The van der Waals surface area contributed by atoms with Crippen molar-refractivity contribution in [2.45, 2.75) is 0 Å². The molecule has 0 amide bonds. The van der Waals surface area contributed by atoms with Crippen LogP contribution < -0.4 is 15.5 Å². The summed E-state index contributed by atoms with van der Waals surface area (Å²) in [6.07, 6.45) is 3.32. The molecule has 0 aliphatic carbocycles. The molecule has 0 unspecified atom stereocenters. The van der Waals surface area contributed by atoms with E-state index in [9.17, 15) is 4.39 Å². The number of morpholine rings is 1. The fraction of sp³-hybridized carbons (Fsp3) is 0.474. The molecule has 0 saturated carbocycles. The molecule has 0 radical (unpaired) electrons. The lowest BCUT2D eigenvalue weighted by Crippen LogP contribution is -2.44. The topological polar surface area (TPSA) is 70.8 Å². The van der Waals surface area contributed by atoms with Gasteiger partial charge in [-0.15, -0.1) is 0 Å². The molecule has 0 bridgehead atoms. The summed E-state index contributed by atoms with van der Waals surface area (Å²) in [5.74, 6) is 0.338. The van der Waals surface area contributed by atoms with Crippen LogP contribution in [0.15, 0.2) is 24.5 Å². The SMILES string of the molecule is CN1CCN(c2cc(F)c(-c3cnc(N4CCOCC4)nc3)cc2N)CC1. The Balaban J connectivity index is 1.56. The molecule has 0 spiro atoms. The molecule has 2 aliphatic heterocycles. The molecule has 2 fully saturated rings. The number of nitrogens with zero attached hydrogens (tertiary/aromatic N) is 5. The second kappa shape index (κ2) is 7.66. The van der Waals surface area contributed by atoms with Crippen molar-refractivity contribution in [3.63, 3.8) is 0 Å². The van der Waals surface area contributed by atoms with Gasteiger partial charge in [0.2, 0.25) is 5.95 Å². The van der Waals surface area contributed by atoms with Crippen molar-refractivity contribution in [2.75, 3.05) is 75.1 Å². The van der Waals surface area contributed by atoms with Crippen molar-refractivity contribution < 1.29 is 9.13 Å². The molecule has 27 heavy (non-hydrogen) atoms. The van der Waals surface area contributed by atoms with Crippen molar-refractivity contribution in [3.05, 3.63) is 30.3 Å². The average molecular weight is 372 g/mol.